The first kappa shape index (κ1) is 16.2. The number of carboxylic acid groups (broad SMARTS) is 1. The van der Waals surface area contributed by atoms with E-state index in [0.29, 0.717) is 0 Å². The van der Waals surface area contributed by atoms with Crippen LogP contribution in [0.3, 0.4) is 0 Å². The number of aliphatic carboxylic acids is 1. The Hall–Kier alpha value is -1.86. The van der Waals surface area contributed by atoms with Crippen LogP contribution in [0.4, 0.5) is 8.78 Å². The summed E-state index contributed by atoms with van der Waals surface area (Å²) in [5, 5.41) is 20.5. The Kier molecular flexibility index (Phi) is 5.72. The van der Waals surface area contributed by atoms with Crippen LogP contribution in [0, 0.1) is 11.6 Å². The number of hydrogen-bond donors (Lipinski definition) is 3. The maximum Gasteiger partial charge on any atom is 0.305 e. The Morgan fingerprint density at radius 1 is 1.30 bits per heavy atom. The first-order valence-corrected chi connectivity index (χ1v) is 5.93. The van der Waals surface area contributed by atoms with Crippen LogP contribution in [0.5, 0.6) is 0 Å². The van der Waals surface area contributed by atoms with Crippen LogP contribution < -0.4 is 5.32 Å². The average molecular weight is 287 g/mol. The largest absolute Gasteiger partial charge is 0.481 e. The Labute approximate surface area is 114 Å². The molecule has 1 rings (SSSR count). The van der Waals surface area contributed by atoms with Crippen LogP contribution in [0.1, 0.15) is 23.7 Å². The zero-order chi connectivity index (χ0) is 15.3. The summed E-state index contributed by atoms with van der Waals surface area (Å²) in [4.78, 5) is 22.8. The monoisotopic (exact) mass is 287 g/mol. The molecule has 0 saturated carbocycles. The molecule has 0 aliphatic rings. The minimum Gasteiger partial charge on any atom is -0.481 e. The van der Waals surface area contributed by atoms with Crippen LogP contribution in [-0.2, 0) is 4.79 Å². The van der Waals surface area contributed by atoms with Crippen molar-refractivity contribution in [3.8, 4) is 0 Å². The number of halogens is 2. The summed E-state index contributed by atoms with van der Waals surface area (Å²) in [6.07, 6.45) is -1.30. The molecule has 20 heavy (non-hydrogen) atoms. The van der Waals surface area contributed by atoms with Crippen molar-refractivity contribution in [3.05, 3.63) is 35.4 Å². The molecule has 5 nitrogen and oxygen atoms in total. The third-order valence-corrected chi connectivity index (χ3v) is 2.56. The predicted molar refractivity (Wildman–Crippen MR) is 66.4 cm³/mol. The lowest BCUT2D eigenvalue weighted by atomic mass is 10.0. The number of hydrogen-bond acceptors (Lipinski definition) is 4. The number of ketones is 1. The number of carbonyl (C=O) groups is 2. The van der Waals surface area contributed by atoms with E-state index in [0.717, 1.165) is 18.2 Å². The summed E-state index contributed by atoms with van der Waals surface area (Å²) in [5.74, 6) is -4.16. The number of aliphatic hydroxyl groups excluding tert-OH is 1. The number of benzene rings is 1. The number of aliphatic hydroxyl groups is 1. The zero-order valence-electron chi connectivity index (χ0n) is 10.8. The van der Waals surface area contributed by atoms with Crippen molar-refractivity contribution in [1.82, 2.24) is 5.32 Å². The molecular formula is C13H15F2NO4. The predicted octanol–water partition coefficient (Wildman–Crippen LogP) is 0.961. The van der Waals surface area contributed by atoms with Gasteiger partial charge in [-0.3, -0.25) is 9.59 Å². The highest BCUT2D eigenvalue weighted by atomic mass is 19.2. The van der Waals surface area contributed by atoms with Gasteiger partial charge in [0.1, 0.15) is 0 Å². The van der Waals surface area contributed by atoms with Crippen LogP contribution in [0.15, 0.2) is 18.2 Å². The highest BCUT2D eigenvalue weighted by Gasteiger charge is 2.23. The van der Waals surface area contributed by atoms with Gasteiger partial charge in [0.25, 0.3) is 0 Å². The SMILES string of the molecule is CC(O)CNC(CC(=O)O)C(=O)c1ccc(F)c(F)c1. The number of rotatable bonds is 7. The van der Waals surface area contributed by atoms with Crippen LogP contribution in [0.25, 0.3) is 0 Å². The van der Waals surface area contributed by atoms with Gasteiger partial charge in [-0.05, 0) is 25.1 Å². The van der Waals surface area contributed by atoms with Crippen molar-refractivity contribution in [2.75, 3.05) is 6.54 Å². The number of Topliss-reactive ketones (excluding diaryl/α,β-unsaturated/α-hetero) is 1. The van der Waals surface area contributed by atoms with Gasteiger partial charge in [0.2, 0.25) is 0 Å². The molecule has 2 atom stereocenters. The highest BCUT2D eigenvalue weighted by molar-refractivity contribution is 6.01. The van der Waals surface area contributed by atoms with Crippen molar-refractivity contribution in [3.63, 3.8) is 0 Å². The lowest BCUT2D eigenvalue weighted by Gasteiger charge is -2.17. The molecule has 7 heteroatoms. The maximum atomic E-state index is 13.1. The van der Waals surface area contributed by atoms with Gasteiger partial charge >= 0.3 is 5.97 Å². The molecule has 0 aliphatic heterocycles. The molecule has 0 radical (unpaired) electrons. The minimum atomic E-state index is -1.22. The van der Waals surface area contributed by atoms with Gasteiger partial charge in [0.15, 0.2) is 17.4 Å². The van der Waals surface area contributed by atoms with E-state index >= 15 is 0 Å². The molecule has 0 aliphatic carbocycles. The van der Waals surface area contributed by atoms with E-state index in [1.54, 1.807) is 0 Å². The summed E-state index contributed by atoms with van der Waals surface area (Å²) in [6, 6.07) is 1.48. The van der Waals surface area contributed by atoms with Gasteiger partial charge in [-0.15, -0.1) is 0 Å². The summed E-state index contributed by atoms with van der Waals surface area (Å²) >= 11 is 0. The normalized spacial score (nSPS) is 13.8. The molecule has 0 bridgehead atoms. The molecule has 0 amide bonds. The summed E-state index contributed by atoms with van der Waals surface area (Å²) < 4.78 is 25.9. The Morgan fingerprint density at radius 3 is 2.45 bits per heavy atom. The first-order valence-electron chi connectivity index (χ1n) is 5.93. The molecule has 0 aromatic heterocycles. The minimum absolute atomic E-state index is 0.00731. The lowest BCUT2D eigenvalue weighted by Crippen LogP contribution is -2.41. The fourth-order valence-corrected chi connectivity index (χ4v) is 1.60. The van der Waals surface area contributed by atoms with Crippen molar-refractivity contribution in [2.45, 2.75) is 25.5 Å². The number of carboxylic acids is 1. The van der Waals surface area contributed by atoms with E-state index < -0.39 is 42.0 Å². The van der Waals surface area contributed by atoms with Gasteiger partial charge < -0.3 is 15.5 Å². The smallest absolute Gasteiger partial charge is 0.305 e. The lowest BCUT2D eigenvalue weighted by molar-refractivity contribution is -0.137. The van der Waals surface area contributed by atoms with E-state index in [1.165, 1.54) is 6.92 Å². The molecule has 0 fully saturated rings. The molecule has 0 saturated heterocycles. The molecule has 110 valence electrons. The van der Waals surface area contributed by atoms with E-state index in [9.17, 15) is 18.4 Å². The standard InChI is InChI=1S/C13H15F2NO4/c1-7(17)6-16-11(5-12(18)19)13(20)8-2-3-9(14)10(15)4-8/h2-4,7,11,16-17H,5-6H2,1H3,(H,18,19). The fourth-order valence-electron chi connectivity index (χ4n) is 1.60. The zero-order valence-corrected chi connectivity index (χ0v) is 10.8. The second-order valence-corrected chi connectivity index (χ2v) is 4.40. The van der Waals surface area contributed by atoms with Gasteiger partial charge in [0, 0.05) is 12.1 Å². The molecule has 0 spiro atoms. The van der Waals surface area contributed by atoms with E-state index in [4.69, 9.17) is 10.2 Å². The Morgan fingerprint density at radius 2 is 1.95 bits per heavy atom. The second kappa shape index (κ2) is 7.06. The summed E-state index contributed by atoms with van der Waals surface area (Å²) in [6.45, 7) is 1.47. The van der Waals surface area contributed by atoms with Crippen LogP contribution in [-0.4, -0.2) is 40.7 Å². The topological polar surface area (TPSA) is 86.6 Å². The quantitative estimate of drug-likeness (QED) is 0.650. The molecule has 2 unspecified atom stereocenters. The maximum absolute atomic E-state index is 13.1. The fraction of sp³-hybridized carbons (Fsp3) is 0.385. The Balaban J connectivity index is 2.90. The molecule has 0 heterocycles. The van der Waals surface area contributed by atoms with Gasteiger partial charge in [0.05, 0.1) is 18.6 Å². The number of nitrogens with one attached hydrogen (secondary N) is 1. The van der Waals surface area contributed by atoms with Crippen molar-refractivity contribution >= 4 is 11.8 Å². The highest BCUT2D eigenvalue weighted by Crippen LogP contribution is 2.12. The third-order valence-electron chi connectivity index (χ3n) is 2.56. The number of carbonyl (C=O) groups excluding carboxylic acids is 1. The van der Waals surface area contributed by atoms with E-state index in [2.05, 4.69) is 5.32 Å². The summed E-state index contributed by atoms with van der Waals surface area (Å²) in [7, 11) is 0. The van der Waals surface area contributed by atoms with Crippen molar-refractivity contribution in [2.24, 2.45) is 0 Å². The first-order chi connectivity index (χ1) is 9.31. The van der Waals surface area contributed by atoms with Crippen molar-refractivity contribution in [1.29, 1.82) is 0 Å². The van der Waals surface area contributed by atoms with E-state index in [-0.39, 0.29) is 12.1 Å². The van der Waals surface area contributed by atoms with Crippen LogP contribution in [0.2, 0.25) is 0 Å². The van der Waals surface area contributed by atoms with Gasteiger partial charge in [-0.2, -0.15) is 0 Å². The molecule has 1 aromatic carbocycles. The third kappa shape index (κ3) is 4.67. The van der Waals surface area contributed by atoms with Crippen LogP contribution >= 0.6 is 0 Å². The second-order valence-electron chi connectivity index (χ2n) is 4.40. The Bertz CT molecular complexity index is 505. The molecular weight excluding hydrogens is 272 g/mol. The van der Waals surface area contributed by atoms with Gasteiger partial charge in [-0.25, -0.2) is 8.78 Å². The van der Waals surface area contributed by atoms with Crippen molar-refractivity contribution < 1.29 is 28.6 Å². The molecule has 1 aromatic rings. The summed E-state index contributed by atoms with van der Waals surface area (Å²) in [5.41, 5.74) is -0.131. The van der Waals surface area contributed by atoms with E-state index in [1.807, 2.05) is 0 Å². The molecule has 3 N–H and O–H groups in total. The van der Waals surface area contributed by atoms with Gasteiger partial charge in [-0.1, -0.05) is 0 Å². The average Bonchev–Trinajstić information content (AvgIpc) is 2.36.